The van der Waals surface area contributed by atoms with Gasteiger partial charge in [0, 0.05) is 57.1 Å². The van der Waals surface area contributed by atoms with Crippen molar-refractivity contribution in [3.63, 3.8) is 0 Å². The van der Waals surface area contributed by atoms with Crippen LogP contribution in [0.4, 0.5) is 14.5 Å². The third-order valence-electron chi connectivity index (χ3n) is 8.77. The number of fused-ring (bicyclic) bond motifs is 2. The van der Waals surface area contributed by atoms with Gasteiger partial charge in [-0.15, -0.1) is 0 Å². The number of carbonyl (C=O) groups excluding carboxylic acids is 1. The molecule has 4 aromatic rings. The van der Waals surface area contributed by atoms with Crippen LogP contribution in [0.2, 0.25) is 0 Å². The number of phenolic OH excluding ortho intramolecular Hbond substituents is 2. The summed E-state index contributed by atoms with van der Waals surface area (Å²) in [6.07, 6.45) is 0.529. The summed E-state index contributed by atoms with van der Waals surface area (Å²) >= 11 is 0. The van der Waals surface area contributed by atoms with Crippen molar-refractivity contribution in [2.24, 2.45) is 0 Å². The van der Waals surface area contributed by atoms with E-state index in [4.69, 9.17) is 9.47 Å². The summed E-state index contributed by atoms with van der Waals surface area (Å²) in [7, 11) is 0. The van der Waals surface area contributed by atoms with E-state index in [1.165, 1.54) is 22.8 Å². The molecule has 1 saturated heterocycles. The van der Waals surface area contributed by atoms with E-state index in [1.807, 2.05) is 6.92 Å². The predicted octanol–water partition coefficient (Wildman–Crippen LogP) is 4.71. The number of Topliss-reactive ketones (excluding diaryl/α,β-unsaturated/α-hetero) is 1. The summed E-state index contributed by atoms with van der Waals surface area (Å²) in [5, 5.41) is 29.2. The smallest absolute Gasteiger partial charge is 0.341 e. The van der Waals surface area contributed by atoms with Crippen LogP contribution in [-0.4, -0.2) is 75.4 Å². The number of aromatic hydroxyl groups is 2. The van der Waals surface area contributed by atoms with E-state index in [1.54, 1.807) is 30.0 Å². The Kier molecular flexibility index (Phi) is 8.49. The van der Waals surface area contributed by atoms with Crippen LogP contribution in [-0.2, 0) is 6.54 Å². The molecule has 0 saturated carbocycles. The number of ether oxygens (including phenoxy) is 2. The zero-order valence-corrected chi connectivity index (χ0v) is 25.7. The molecule has 47 heavy (non-hydrogen) atoms. The third kappa shape index (κ3) is 5.94. The quantitative estimate of drug-likeness (QED) is 0.246. The van der Waals surface area contributed by atoms with Crippen molar-refractivity contribution < 1.29 is 43.2 Å². The van der Waals surface area contributed by atoms with Crippen LogP contribution < -0.4 is 19.8 Å². The van der Waals surface area contributed by atoms with Gasteiger partial charge in [-0.05, 0) is 37.6 Å². The van der Waals surface area contributed by atoms with E-state index in [2.05, 4.69) is 4.90 Å². The van der Waals surface area contributed by atoms with Gasteiger partial charge in [0.05, 0.1) is 17.3 Å². The summed E-state index contributed by atoms with van der Waals surface area (Å²) in [5.41, 5.74) is -1.12. The number of phenols is 2. The Morgan fingerprint density at radius 2 is 1.83 bits per heavy atom. The molecular formula is C34H33F2N3O8. The maximum Gasteiger partial charge on any atom is 0.341 e. The summed E-state index contributed by atoms with van der Waals surface area (Å²) in [5.74, 6) is -3.26. The first kappa shape index (κ1) is 31.8. The van der Waals surface area contributed by atoms with Gasteiger partial charge >= 0.3 is 5.97 Å². The highest BCUT2D eigenvalue weighted by molar-refractivity contribution is 6.02. The minimum atomic E-state index is -1.47. The summed E-state index contributed by atoms with van der Waals surface area (Å²) in [6.45, 7) is 5.43. The lowest BCUT2D eigenvalue weighted by molar-refractivity contribution is 0.0694. The zero-order chi connectivity index (χ0) is 33.6. The Morgan fingerprint density at radius 1 is 1.09 bits per heavy atom. The van der Waals surface area contributed by atoms with E-state index in [0.29, 0.717) is 24.4 Å². The molecule has 3 N–H and O–H groups in total. The molecule has 0 spiro atoms. The molecule has 13 heteroatoms. The number of carboxylic acid groups (broad SMARTS) is 1. The van der Waals surface area contributed by atoms with Crippen LogP contribution >= 0.6 is 0 Å². The third-order valence-corrected chi connectivity index (χ3v) is 8.77. The number of ketones is 1. The number of aromatic nitrogens is 1. The first-order valence-corrected chi connectivity index (χ1v) is 15.2. The Morgan fingerprint density at radius 3 is 2.51 bits per heavy atom. The second kappa shape index (κ2) is 12.6. The molecule has 3 aromatic carbocycles. The highest BCUT2D eigenvalue weighted by Crippen LogP contribution is 2.42. The zero-order valence-electron chi connectivity index (χ0n) is 25.7. The van der Waals surface area contributed by atoms with Gasteiger partial charge < -0.3 is 34.3 Å². The fourth-order valence-corrected chi connectivity index (χ4v) is 6.35. The van der Waals surface area contributed by atoms with E-state index >= 15 is 8.78 Å². The van der Waals surface area contributed by atoms with Crippen LogP contribution in [0.25, 0.3) is 10.9 Å². The molecule has 1 unspecified atom stereocenters. The number of pyridine rings is 1. The number of anilines is 1. The van der Waals surface area contributed by atoms with Crippen molar-refractivity contribution >= 4 is 28.3 Å². The van der Waals surface area contributed by atoms with Gasteiger partial charge in [0.25, 0.3) is 0 Å². The van der Waals surface area contributed by atoms with Crippen molar-refractivity contribution in [1.29, 1.82) is 0 Å². The lowest BCUT2D eigenvalue weighted by atomic mass is 9.95. The number of rotatable bonds is 8. The van der Waals surface area contributed by atoms with E-state index in [-0.39, 0.29) is 83.9 Å². The van der Waals surface area contributed by atoms with E-state index < -0.39 is 34.7 Å². The number of benzene rings is 3. The Hall–Kier alpha value is -5.17. The number of piperazine rings is 1. The minimum absolute atomic E-state index is 0.0341. The number of hydrogen-bond acceptors (Lipinski definition) is 9. The second-order valence-electron chi connectivity index (χ2n) is 11.7. The molecule has 11 nitrogen and oxygen atoms in total. The molecule has 2 aliphatic rings. The first-order chi connectivity index (χ1) is 22.5. The molecule has 0 radical (unpaired) electrons. The molecular weight excluding hydrogens is 616 g/mol. The van der Waals surface area contributed by atoms with Gasteiger partial charge in [0.2, 0.25) is 5.43 Å². The lowest BCUT2D eigenvalue weighted by Crippen LogP contribution is -2.53. The summed E-state index contributed by atoms with van der Waals surface area (Å²) in [4.78, 5) is 40.7. The standard InChI is InChI=1S/C34H33F2N3O8/c1-3-37-17-23(34(44)45)33(43)22-14-24(35)32(30(36)31(22)37)39-9-8-38(18(2)16-39)10-11-46-21-12-25(41)29-26(42)15-27(47-28(29)13-21)19-4-6-20(40)7-5-19/h4-7,12-14,17-18,27,40-41H,3,8-11,15-16H2,1-2H3,(H,44,45)/t18?,27-/m0/s1. The number of aryl methyl sites for hydroxylation is 1. The Labute approximate surface area is 267 Å². The molecule has 0 aliphatic carbocycles. The maximum atomic E-state index is 15.9. The highest BCUT2D eigenvalue weighted by Gasteiger charge is 2.32. The number of carboxylic acids is 1. The minimum Gasteiger partial charge on any atom is -0.508 e. The second-order valence-corrected chi connectivity index (χ2v) is 11.7. The van der Waals surface area contributed by atoms with E-state index in [9.17, 15) is 29.7 Å². The number of nitrogens with zero attached hydrogens (tertiary/aromatic N) is 3. The van der Waals surface area contributed by atoms with Crippen LogP contribution in [0.5, 0.6) is 23.0 Å². The number of aromatic carboxylic acids is 1. The molecule has 246 valence electrons. The van der Waals surface area contributed by atoms with Crippen LogP contribution in [0.15, 0.2) is 53.5 Å². The molecule has 1 fully saturated rings. The predicted molar refractivity (Wildman–Crippen MR) is 168 cm³/mol. The number of halogens is 2. The van der Waals surface area contributed by atoms with Gasteiger partial charge in [-0.2, -0.15) is 0 Å². The van der Waals surface area contributed by atoms with Crippen LogP contribution in [0.3, 0.4) is 0 Å². The van der Waals surface area contributed by atoms with Crippen molar-refractivity contribution in [2.75, 3.05) is 37.7 Å². The highest BCUT2D eigenvalue weighted by atomic mass is 19.1. The molecule has 2 atom stereocenters. The molecule has 0 amide bonds. The number of carbonyl (C=O) groups is 2. The SMILES string of the molecule is CCn1cc(C(=O)O)c(=O)c2cc(F)c(N3CCN(CCOc4cc(O)c5c(c4)O[C@H](c4ccc(O)cc4)CC5=O)C(C)C3)c(F)c21. The summed E-state index contributed by atoms with van der Waals surface area (Å²) in [6, 6.07) is 10.0. The normalized spacial score (nSPS) is 18.2. The summed E-state index contributed by atoms with van der Waals surface area (Å²) < 4.78 is 44.6. The number of hydrogen-bond donors (Lipinski definition) is 3. The molecule has 3 heterocycles. The molecule has 1 aromatic heterocycles. The molecule has 2 aliphatic heterocycles. The van der Waals surface area contributed by atoms with Crippen molar-refractivity contribution in [3.8, 4) is 23.0 Å². The van der Waals surface area contributed by atoms with Gasteiger partial charge in [0.1, 0.15) is 58.3 Å². The van der Waals surface area contributed by atoms with Gasteiger partial charge in [-0.1, -0.05) is 12.1 Å². The van der Waals surface area contributed by atoms with Gasteiger partial charge in [-0.25, -0.2) is 13.6 Å². The monoisotopic (exact) mass is 649 g/mol. The van der Waals surface area contributed by atoms with Crippen LogP contribution in [0, 0.1) is 11.6 Å². The van der Waals surface area contributed by atoms with E-state index in [0.717, 1.165) is 12.3 Å². The average Bonchev–Trinajstić information content (AvgIpc) is 3.02. The van der Waals surface area contributed by atoms with Crippen molar-refractivity contribution in [1.82, 2.24) is 9.47 Å². The Balaban J connectivity index is 1.13. The fraction of sp³-hybridized carbons (Fsp3) is 0.324. The average molecular weight is 650 g/mol. The lowest BCUT2D eigenvalue weighted by Gasteiger charge is -2.41. The topological polar surface area (TPSA) is 142 Å². The Bertz CT molecular complexity index is 1950. The molecule has 0 bridgehead atoms. The van der Waals surface area contributed by atoms with Gasteiger partial charge in [0.15, 0.2) is 11.6 Å². The van der Waals surface area contributed by atoms with Crippen molar-refractivity contribution in [2.45, 2.75) is 39.0 Å². The maximum absolute atomic E-state index is 15.9. The molecule has 6 rings (SSSR count). The largest absolute Gasteiger partial charge is 0.508 e. The van der Waals surface area contributed by atoms with Crippen LogP contribution in [0.1, 0.15) is 52.7 Å². The first-order valence-electron chi connectivity index (χ1n) is 15.2. The van der Waals surface area contributed by atoms with Crippen molar-refractivity contribution in [3.05, 3.63) is 87.2 Å². The fourth-order valence-electron chi connectivity index (χ4n) is 6.35. The van der Waals surface area contributed by atoms with Gasteiger partial charge in [-0.3, -0.25) is 14.5 Å².